The summed E-state index contributed by atoms with van der Waals surface area (Å²) in [7, 11) is 2.16. The minimum Gasteiger partial charge on any atom is -0.381 e. The van der Waals surface area contributed by atoms with E-state index in [9.17, 15) is 8.78 Å². The van der Waals surface area contributed by atoms with E-state index in [1.165, 1.54) is 29.8 Å². The van der Waals surface area contributed by atoms with Gasteiger partial charge in [-0.15, -0.1) is 0 Å². The molecular formula is C71H73Cl2F2N15O. The van der Waals surface area contributed by atoms with Gasteiger partial charge in [0.05, 0.1) is 46.8 Å². The van der Waals surface area contributed by atoms with Gasteiger partial charge in [0.1, 0.15) is 34.4 Å². The number of nitrogens with one attached hydrogen (secondary N) is 1. The van der Waals surface area contributed by atoms with E-state index in [0.29, 0.717) is 24.0 Å². The molecule has 0 aliphatic carbocycles. The number of hydrogen-bond acceptors (Lipinski definition) is 12. The van der Waals surface area contributed by atoms with Gasteiger partial charge in [-0.25, -0.2) is 8.78 Å². The molecule has 0 radical (unpaired) electrons. The Bertz CT molecular complexity index is 4350. The van der Waals surface area contributed by atoms with Crippen molar-refractivity contribution >= 4 is 66.8 Å². The fraction of sp³-hybridized carbons (Fsp3) is 0.324. The van der Waals surface area contributed by atoms with E-state index in [1.807, 2.05) is 110 Å². The van der Waals surface area contributed by atoms with Gasteiger partial charge in [-0.2, -0.15) is 20.4 Å². The summed E-state index contributed by atoms with van der Waals surface area (Å²) in [5.41, 5.74) is 12.2. The standard InChI is InChI=1S/C19H21ClN4.C18H19FN4.C17H16ClN3O.C17H17FN4/c1-2-23-11-8-16(9-12-23)24-18-7-10-21-13-17(18)19(22-24)14-3-5-15(20)6-4-14;1-22-10-7-15(8-11-22)23-17-6-9-20-12-16(17)18(21-23)13-2-4-14(19)5-3-13;18-14-3-1-13(2-4-14)17-15-9-19-7-5-16(15)21(20-17)10-12-6-8-22-11-12;18-13-3-1-12(2-4-13)17-15-11-20-10-7-16(15)22(21-17)14-5-8-19-9-6-14/h3-7,10,13,16H,2,8-9,11-12H2,1H3;2-6,9,12,15H,7-8,10-11H2,1H3;1-5,7,9,12H,6,8,10-11H2;1-4,7,10-11,14,19H,5-6,8-9H2. The van der Waals surface area contributed by atoms with Crippen LogP contribution in [0.25, 0.3) is 88.6 Å². The molecule has 91 heavy (non-hydrogen) atoms. The molecule has 1 atom stereocenters. The Kier molecular flexibility index (Phi) is 19.2. The summed E-state index contributed by atoms with van der Waals surface area (Å²) in [4.78, 5) is 21.9. The molecule has 1 N–H and O–H groups in total. The summed E-state index contributed by atoms with van der Waals surface area (Å²) < 4.78 is 40.4. The molecule has 0 bridgehead atoms. The second-order valence-electron chi connectivity index (χ2n) is 23.9. The Balaban J connectivity index is 0.000000111. The van der Waals surface area contributed by atoms with Gasteiger partial charge < -0.3 is 19.9 Å². The lowest BCUT2D eigenvalue weighted by Crippen LogP contribution is -2.34. The first-order valence-corrected chi connectivity index (χ1v) is 32.4. The molecule has 1 unspecified atom stereocenters. The van der Waals surface area contributed by atoms with E-state index in [4.69, 9.17) is 48.3 Å². The van der Waals surface area contributed by atoms with Crippen LogP contribution in [0.1, 0.15) is 70.0 Å². The molecule has 466 valence electrons. The highest BCUT2D eigenvalue weighted by Gasteiger charge is 2.27. The predicted molar refractivity (Wildman–Crippen MR) is 358 cm³/mol. The van der Waals surface area contributed by atoms with E-state index in [0.717, 1.165) is 204 Å². The van der Waals surface area contributed by atoms with Crippen molar-refractivity contribution in [2.45, 2.75) is 76.5 Å². The van der Waals surface area contributed by atoms with Gasteiger partial charge in [0.25, 0.3) is 0 Å². The lowest BCUT2D eigenvalue weighted by molar-refractivity contribution is 0.182. The number of hydrogen-bond donors (Lipinski definition) is 1. The molecule has 4 fully saturated rings. The highest BCUT2D eigenvalue weighted by molar-refractivity contribution is 6.31. The Hall–Kier alpha value is -8.36. The zero-order chi connectivity index (χ0) is 62.2. The molecule has 0 saturated carbocycles. The number of aromatic nitrogens is 12. The maximum atomic E-state index is 13.2. The molecule has 12 aromatic rings. The Morgan fingerprint density at radius 3 is 1.24 bits per heavy atom. The fourth-order valence-electron chi connectivity index (χ4n) is 13.0. The Labute approximate surface area is 537 Å². The third kappa shape index (κ3) is 14.0. The van der Waals surface area contributed by atoms with Gasteiger partial charge in [0, 0.05) is 136 Å². The molecule has 16 rings (SSSR count). The molecular weight excluding hydrogens is 1190 g/mol. The van der Waals surface area contributed by atoms with Gasteiger partial charge in [0.2, 0.25) is 0 Å². The van der Waals surface area contributed by atoms with Gasteiger partial charge in [0.15, 0.2) is 0 Å². The third-order valence-corrected chi connectivity index (χ3v) is 18.5. The van der Waals surface area contributed by atoms with Crippen molar-refractivity contribution in [2.75, 3.05) is 66.1 Å². The topological polar surface area (TPSA) is 151 Å². The van der Waals surface area contributed by atoms with Crippen molar-refractivity contribution in [3.8, 4) is 45.0 Å². The Morgan fingerprint density at radius 2 is 0.835 bits per heavy atom. The van der Waals surface area contributed by atoms with Crippen LogP contribution >= 0.6 is 23.2 Å². The van der Waals surface area contributed by atoms with E-state index in [1.54, 1.807) is 30.5 Å². The van der Waals surface area contributed by atoms with E-state index in [-0.39, 0.29) is 11.6 Å². The van der Waals surface area contributed by atoms with E-state index < -0.39 is 0 Å². The van der Waals surface area contributed by atoms with Gasteiger partial charge >= 0.3 is 0 Å². The van der Waals surface area contributed by atoms with Crippen molar-refractivity contribution in [1.82, 2.24) is 74.2 Å². The molecule has 20 heteroatoms. The molecule has 16 nitrogen and oxygen atoms in total. The number of halogens is 4. The second-order valence-corrected chi connectivity index (χ2v) is 24.8. The molecule has 8 aromatic heterocycles. The second kappa shape index (κ2) is 28.4. The summed E-state index contributed by atoms with van der Waals surface area (Å²) in [5.74, 6) is 0.0734. The first kappa shape index (κ1) is 61.5. The normalized spacial score (nSPS) is 17.0. The summed E-state index contributed by atoms with van der Waals surface area (Å²) in [6.45, 7) is 12.4. The predicted octanol–water partition coefficient (Wildman–Crippen LogP) is 14.9. The van der Waals surface area contributed by atoms with Crippen LogP contribution in [0.4, 0.5) is 8.78 Å². The van der Waals surface area contributed by atoms with Crippen molar-refractivity contribution in [2.24, 2.45) is 5.92 Å². The van der Waals surface area contributed by atoms with Crippen molar-refractivity contribution in [3.63, 3.8) is 0 Å². The number of ether oxygens (including phenoxy) is 1. The molecule has 4 saturated heterocycles. The number of rotatable bonds is 10. The number of piperidine rings is 3. The van der Waals surface area contributed by atoms with Crippen LogP contribution in [0.15, 0.2) is 171 Å². The summed E-state index contributed by atoms with van der Waals surface area (Å²) >= 11 is 12.0. The van der Waals surface area contributed by atoms with Crippen LogP contribution in [0.5, 0.6) is 0 Å². The summed E-state index contributed by atoms with van der Waals surface area (Å²) in [6, 6.07) is 38.1. The smallest absolute Gasteiger partial charge is 0.123 e. The van der Waals surface area contributed by atoms with E-state index in [2.05, 4.69) is 73.8 Å². The zero-order valence-electron chi connectivity index (χ0n) is 51.2. The molecule has 4 aliphatic rings. The van der Waals surface area contributed by atoms with Gasteiger partial charge in [-0.05, 0) is 182 Å². The number of nitrogens with zero attached hydrogens (tertiary/aromatic N) is 14. The fourth-order valence-corrected chi connectivity index (χ4v) is 13.2. The number of benzene rings is 4. The van der Waals surface area contributed by atoms with Gasteiger partial charge in [-0.1, -0.05) is 54.4 Å². The lowest BCUT2D eigenvalue weighted by atomic mass is 10.1. The first-order valence-electron chi connectivity index (χ1n) is 31.6. The highest BCUT2D eigenvalue weighted by Crippen LogP contribution is 2.37. The number of pyridine rings is 4. The first-order chi connectivity index (χ1) is 44.6. The third-order valence-electron chi connectivity index (χ3n) is 18.0. The average molecular weight is 1260 g/mol. The minimum atomic E-state index is -0.232. The van der Waals surface area contributed by atoms with Crippen LogP contribution in [0.2, 0.25) is 10.0 Å². The van der Waals surface area contributed by atoms with Gasteiger partial charge in [-0.3, -0.25) is 38.7 Å². The van der Waals surface area contributed by atoms with Crippen LogP contribution in [-0.2, 0) is 11.3 Å². The monoisotopic (exact) mass is 1260 g/mol. The van der Waals surface area contributed by atoms with Crippen LogP contribution < -0.4 is 5.32 Å². The SMILES string of the molecule is CCN1CCC(n2nc(-c3ccc(Cl)cc3)c3cnccc32)CC1.CN1CCC(n2nc(-c3ccc(F)cc3)c3cnccc32)CC1.Clc1ccc(-c2nn(CC3CCOC3)c3ccncc23)cc1.Fc1ccc(-c2nn(C3CCNCC3)c3ccncc23)cc1. The number of likely N-dealkylation sites (tertiary alicyclic amines) is 2. The maximum Gasteiger partial charge on any atom is 0.123 e. The zero-order valence-corrected chi connectivity index (χ0v) is 52.7. The largest absolute Gasteiger partial charge is 0.381 e. The van der Waals surface area contributed by atoms with E-state index >= 15 is 0 Å². The van der Waals surface area contributed by atoms with Crippen molar-refractivity contribution in [1.29, 1.82) is 0 Å². The molecule has 4 aromatic carbocycles. The minimum absolute atomic E-state index is 0.231. The highest BCUT2D eigenvalue weighted by atomic mass is 35.5. The van der Waals surface area contributed by atoms with Crippen LogP contribution in [-0.4, -0.2) is 135 Å². The van der Waals surface area contributed by atoms with Crippen LogP contribution in [0.3, 0.4) is 0 Å². The quantitative estimate of drug-likeness (QED) is 0.139. The number of fused-ring (bicyclic) bond motifs is 4. The molecule has 0 spiro atoms. The maximum absolute atomic E-state index is 13.2. The molecule has 12 heterocycles. The molecule has 4 aliphatic heterocycles. The Morgan fingerprint density at radius 1 is 0.462 bits per heavy atom. The molecule has 0 amide bonds. The lowest BCUT2D eigenvalue weighted by Gasteiger charge is -2.31. The van der Waals surface area contributed by atoms with Crippen molar-refractivity contribution < 1.29 is 13.5 Å². The van der Waals surface area contributed by atoms with Crippen molar-refractivity contribution in [3.05, 3.63) is 193 Å². The van der Waals surface area contributed by atoms with Crippen LogP contribution in [0, 0.1) is 17.6 Å². The summed E-state index contributed by atoms with van der Waals surface area (Å²) in [5, 5.41) is 28.6. The average Bonchev–Trinajstić information content (AvgIpc) is 1.77. The summed E-state index contributed by atoms with van der Waals surface area (Å²) in [6.07, 6.45) is 22.5.